The standard InChI is InChI=1S/C41H56ClN5O15S/c1-22-12-11-13-31(58-7)41(43)21-29(61-40(53)44-41)23(2)36-37(62-36)28(19-33(49)46(5)26-17-25(16-22)18-27(57-6)35(26)42)60-39(52)24(3)45(4)32(48)14-9-8-10-15-59-47-34(50)20-30(38(47)51)63(54,55)56/h11-13,17-18,23-24,28-31,36-37H,8-10,14-16,19-21,43H2,1-7H3,(H,44,53)(H,54,55,56)/b13-11+,22-12-/t23-,24+,28-,29?,30?,31-,36+,37-,41-/m1/s1. The number of ether oxygens (including phenoxy) is 5. The summed E-state index contributed by atoms with van der Waals surface area (Å²) >= 11 is 6.75. The number of esters is 1. The minimum atomic E-state index is -4.77. The summed E-state index contributed by atoms with van der Waals surface area (Å²) in [5.74, 6) is -3.90. The van der Waals surface area contributed by atoms with Crippen LogP contribution in [0, 0.1) is 5.92 Å². The number of imide groups is 1. The van der Waals surface area contributed by atoms with Gasteiger partial charge in [0, 0.05) is 40.0 Å². The van der Waals surface area contributed by atoms with E-state index in [0.717, 1.165) is 11.1 Å². The van der Waals surface area contributed by atoms with Crippen LogP contribution in [-0.2, 0) is 64.3 Å². The average Bonchev–Trinajstić information content (AvgIpc) is 3.96. The lowest BCUT2D eigenvalue weighted by molar-refractivity contribution is -0.187. The molecule has 9 atom stereocenters. The van der Waals surface area contributed by atoms with Crippen molar-refractivity contribution < 1.29 is 70.3 Å². The summed E-state index contributed by atoms with van der Waals surface area (Å²) in [6, 6.07) is 2.44. The van der Waals surface area contributed by atoms with Crippen molar-refractivity contribution >= 4 is 63.1 Å². The maximum Gasteiger partial charge on any atom is 0.408 e. The number of benzene rings is 1. The number of methoxy groups -OCH3 is 2. The molecule has 3 fully saturated rings. The predicted octanol–water partition coefficient (Wildman–Crippen LogP) is 2.60. The molecule has 22 heteroatoms. The number of rotatable bonds is 13. The van der Waals surface area contributed by atoms with Crippen molar-refractivity contribution in [3.63, 3.8) is 0 Å². The number of carbonyl (C=O) groups excluding carboxylic acids is 6. The molecule has 0 spiro atoms. The molecule has 0 saturated carbocycles. The number of nitrogens with two attached hydrogens (primary N) is 1. The average molecular weight is 926 g/mol. The Bertz CT molecular complexity index is 2120. The Hall–Kier alpha value is -4.64. The fourth-order valence-electron chi connectivity index (χ4n) is 7.76. The lowest BCUT2D eigenvalue weighted by atomic mass is 9.86. The summed E-state index contributed by atoms with van der Waals surface area (Å²) in [4.78, 5) is 85.9. The molecule has 5 amide bonds. The highest BCUT2D eigenvalue weighted by molar-refractivity contribution is 7.87. The van der Waals surface area contributed by atoms with E-state index in [0.29, 0.717) is 42.2 Å². The molecule has 4 bridgehead atoms. The molecule has 20 nitrogen and oxygen atoms in total. The number of alkyl carbamates (subject to hydrolysis) is 1. The smallest absolute Gasteiger partial charge is 0.408 e. The molecule has 3 saturated heterocycles. The molecule has 63 heavy (non-hydrogen) atoms. The van der Waals surface area contributed by atoms with E-state index in [9.17, 15) is 41.7 Å². The van der Waals surface area contributed by atoms with E-state index in [2.05, 4.69) is 5.32 Å². The molecule has 0 aliphatic carbocycles. The van der Waals surface area contributed by atoms with Crippen LogP contribution in [0.15, 0.2) is 35.9 Å². The second kappa shape index (κ2) is 20.5. The number of nitrogens with zero attached hydrogens (tertiary/aromatic N) is 3. The summed E-state index contributed by atoms with van der Waals surface area (Å²) in [6.07, 6.45) is 1.07. The van der Waals surface area contributed by atoms with E-state index in [1.807, 2.05) is 13.0 Å². The third kappa shape index (κ3) is 11.7. The number of epoxide rings is 1. The highest BCUT2D eigenvalue weighted by Crippen LogP contribution is 2.41. The van der Waals surface area contributed by atoms with Crippen LogP contribution < -0.4 is 20.7 Å². The fraction of sp³-hybridized carbons (Fsp3) is 0.610. The largest absolute Gasteiger partial charge is 0.495 e. The number of hydrogen-bond donors (Lipinski definition) is 3. The highest BCUT2D eigenvalue weighted by atomic mass is 35.5. The monoisotopic (exact) mass is 925 g/mol. The lowest BCUT2D eigenvalue weighted by Crippen LogP contribution is -2.68. The number of hydrogen-bond acceptors (Lipinski definition) is 15. The molecule has 1 aromatic rings. The van der Waals surface area contributed by atoms with Crippen molar-refractivity contribution in [1.82, 2.24) is 15.3 Å². The van der Waals surface area contributed by atoms with Crippen molar-refractivity contribution in [1.29, 1.82) is 0 Å². The SMILES string of the molecule is COc1cc2cc(c1Cl)N(C)C(=O)C[C@@H](OC(=O)[C@H](C)N(C)C(=O)CCCCCON1C(=O)CC(S(=O)(=O)O)C1=O)[C@H]1O[C@H]1[C@H](C)C1C[C@@](N)(NC(=O)O1)[C@H](OC)/C=C/C=C(/C)C2. The zero-order valence-corrected chi connectivity index (χ0v) is 37.8. The number of anilines is 1. The summed E-state index contributed by atoms with van der Waals surface area (Å²) < 4.78 is 61.0. The molecular formula is C41H56ClN5O15S. The molecular weight excluding hydrogens is 870 g/mol. The lowest BCUT2D eigenvalue weighted by Gasteiger charge is -2.43. The first-order valence-corrected chi connectivity index (χ1v) is 22.3. The third-order valence-corrected chi connectivity index (χ3v) is 13.2. The van der Waals surface area contributed by atoms with Crippen LogP contribution in [0.1, 0.15) is 71.3 Å². The van der Waals surface area contributed by atoms with Gasteiger partial charge in [-0.1, -0.05) is 48.7 Å². The van der Waals surface area contributed by atoms with Crippen LogP contribution in [-0.4, -0.2) is 141 Å². The molecule has 4 heterocycles. The van der Waals surface area contributed by atoms with Gasteiger partial charge in [0.05, 0.1) is 38.3 Å². The number of halogens is 1. The van der Waals surface area contributed by atoms with Crippen LogP contribution in [0.25, 0.3) is 0 Å². The maximum atomic E-state index is 14.1. The number of allylic oxidation sites excluding steroid dienone is 3. The predicted molar refractivity (Wildman–Crippen MR) is 225 cm³/mol. The number of amides is 5. The normalized spacial score (nSPS) is 29.7. The first-order chi connectivity index (χ1) is 29.6. The van der Waals surface area contributed by atoms with Gasteiger partial charge in [0.2, 0.25) is 11.8 Å². The summed E-state index contributed by atoms with van der Waals surface area (Å²) in [7, 11) is 1.15. The molecule has 4 N–H and O–H groups in total. The molecule has 348 valence electrons. The first kappa shape index (κ1) is 49.4. The zero-order valence-electron chi connectivity index (χ0n) is 36.2. The fourth-order valence-corrected chi connectivity index (χ4v) is 8.77. The highest BCUT2D eigenvalue weighted by Gasteiger charge is 2.56. The van der Waals surface area contributed by atoms with Crippen molar-refractivity contribution in [3.05, 3.63) is 46.5 Å². The van der Waals surface area contributed by atoms with E-state index in [-0.39, 0.29) is 30.9 Å². The van der Waals surface area contributed by atoms with Gasteiger partial charge in [-0.25, -0.2) is 9.59 Å². The summed E-state index contributed by atoms with van der Waals surface area (Å²) in [6.45, 7) is 5.07. The van der Waals surface area contributed by atoms with Gasteiger partial charge in [0.25, 0.3) is 21.9 Å². The second-order valence-electron chi connectivity index (χ2n) is 16.3. The molecule has 4 aliphatic rings. The van der Waals surface area contributed by atoms with Gasteiger partial charge >= 0.3 is 12.1 Å². The number of likely N-dealkylation sites (N-methyl/N-ethyl adjacent to an activating group) is 1. The van der Waals surface area contributed by atoms with Crippen LogP contribution in [0.3, 0.4) is 0 Å². The van der Waals surface area contributed by atoms with E-state index in [1.165, 1.54) is 38.0 Å². The topological polar surface area (TPSA) is 263 Å². The van der Waals surface area contributed by atoms with Crippen LogP contribution in [0.2, 0.25) is 5.02 Å². The second-order valence-corrected chi connectivity index (χ2v) is 18.3. The van der Waals surface area contributed by atoms with Crippen molar-refractivity contribution in [2.75, 3.05) is 39.8 Å². The van der Waals surface area contributed by atoms with Crippen molar-refractivity contribution in [2.45, 2.75) is 120 Å². The molecule has 4 aliphatic heterocycles. The summed E-state index contributed by atoms with van der Waals surface area (Å²) in [5, 5.41) is 1.31. The Labute approximate surface area is 371 Å². The van der Waals surface area contributed by atoms with E-state index in [1.54, 1.807) is 38.3 Å². The number of hydroxylamine groups is 2. The number of fused-ring (bicyclic) bond motifs is 5. The van der Waals surface area contributed by atoms with Crippen LogP contribution in [0.4, 0.5) is 10.5 Å². The maximum absolute atomic E-state index is 14.1. The molecule has 1 aromatic carbocycles. The van der Waals surface area contributed by atoms with Gasteiger partial charge in [-0.05, 0) is 50.8 Å². The minimum Gasteiger partial charge on any atom is -0.495 e. The van der Waals surface area contributed by atoms with Crippen molar-refractivity contribution in [3.8, 4) is 5.75 Å². The number of unbranched alkanes of at least 4 members (excludes halogenated alkanes) is 2. The minimum absolute atomic E-state index is 0.00841. The molecule has 2 unspecified atom stereocenters. The molecule has 0 aromatic heterocycles. The van der Waals surface area contributed by atoms with Crippen LogP contribution >= 0.6 is 11.6 Å². The Morgan fingerprint density at radius 3 is 2.48 bits per heavy atom. The van der Waals surface area contributed by atoms with Crippen molar-refractivity contribution in [2.24, 2.45) is 11.7 Å². The molecule has 0 radical (unpaired) electrons. The van der Waals surface area contributed by atoms with Gasteiger partial charge in [-0.3, -0.25) is 28.6 Å². The van der Waals surface area contributed by atoms with Gasteiger partial charge in [-0.15, -0.1) is 0 Å². The Balaban J connectivity index is 1.29. The summed E-state index contributed by atoms with van der Waals surface area (Å²) in [5.41, 5.74) is 7.49. The third-order valence-electron chi connectivity index (χ3n) is 11.7. The number of nitrogens with one attached hydrogen (secondary N) is 1. The Kier molecular flexibility index (Phi) is 16.0. The van der Waals surface area contributed by atoms with Gasteiger partial charge in [-0.2, -0.15) is 13.5 Å². The quantitative estimate of drug-likeness (QED) is 0.0844. The zero-order chi connectivity index (χ0) is 46.6. The number of carbonyl (C=O) groups is 6. The van der Waals surface area contributed by atoms with E-state index < -0.39 is 106 Å². The van der Waals surface area contributed by atoms with E-state index in [4.69, 9.17) is 45.9 Å². The Morgan fingerprint density at radius 2 is 1.83 bits per heavy atom. The van der Waals surface area contributed by atoms with Gasteiger partial charge < -0.3 is 44.5 Å². The van der Waals surface area contributed by atoms with Gasteiger partial charge in [0.1, 0.15) is 46.9 Å². The van der Waals surface area contributed by atoms with Crippen LogP contribution in [0.5, 0.6) is 5.75 Å². The van der Waals surface area contributed by atoms with Gasteiger partial charge in [0.15, 0.2) is 5.25 Å². The molecule has 5 rings (SSSR count). The Morgan fingerprint density at radius 1 is 1.11 bits per heavy atom. The first-order valence-electron chi connectivity index (χ1n) is 20.4. The van der Waals surface area contributed by atoms with E-state index >= 15 is 0 Å².